The Hall–Kier alpha value is -1.50. The van der Waals surface area contributed by atoms with Crippen molar-refractivity contribution in [1.29, 1.82) is 0 Å². The standard InChI is InChI=1S/C16H34N4O3/c1-7-20(15(21)23-16(3,4)5)12-11-19-14(17-6)18-10-9-13-22-8-2/h7-13H2,1-6H3,(H2,17,18,19). The number of likely N-dealkylation sites (N-methyl/N-ethyl adjacent to an activating group) is 1. The van der Waals surface area contributed by atoms with Crippen LogP contribution in [0.3, 0.4) is 0 Å². The fourth-order valence-electron chi connectivity index (χ4n) is 1.76. The minimum absolute atomic E-state index is 0.290. The SMILES string of the molecule is CCOCCCNC(=NC)NCCN(CC)C(=O)OC(C)(C)C. The van der Waals surface area contributed by atoms with E-state index in [1.165, 1.54) is 0 Å². The third-order valence-electron chi connectivity index (χ3n) is 2.89. The summed E-state index contributed by atoms with van der Waals surface area (Å²) in [5.74, 6) is 0.724. The fourth-order valence-corrected chi connectivity index (χ4v) is 1.76. The summed E-state index contributed by atoms with van der Waals surface area (Å²) >= 11 is 0. The molecule has 0 radical (unpaired) electrons. The van der Waals surface area contributed by atoms with Crippen molar-refractivity contribution in [3.63, 3.8) is 0 Å². The van der Waals surface area contributed by atoms with Crippen molar-refractivity contribution in [1.82, 2.24) is 15.5 Å². The zero-order valence-electron chi connectivity index (χ0n) is 15.6. The quantitative estimate of drug-likeness (QED) is 0.383. The van der Waals surface area contributed by atoms with Crippen LogP contribution in [0.5, 0.6) is 0 Å². The second-order valence-electron chi connectivity index (χ2n) is 6.04. The second kappa shape index (κ2) is 12.0. The molecule has 0 saturated carbocycles. The van der Waals surface area contributed by atoms with E-state index < -0.39 is 5.60 Å². The van der Waals surface area contributed by atoms with Crippen LogP contribution in [0.4, 0.5) is 4.79 Å². The van der Waals surface area contributed by atoms with Crippen LogP contribution < -0.4 is 10.6 Å². The van der Waals surface area contributed by atoms with Crippen LogP contribution in [0.15, 0.2) is 4.99 Å². The Kier molecular flexibility index (Phi) is 11.2. The van der Waals surface area contributed by atoms with Crippen LogP contribution in [-0.4, -0.2) is 69.0 Å². The van der Waals surface area contributed by atoms with Crippen LogP contribution >= 0.6 is 0 Å². The number of guanidine groups is 1. The Bertz CT molecular complexity index is 354. The summed E-state index contributed by atoms with van der Waals surface area (Å²) < 4.78 is 10.7. The van der Waals surface area contributed by atoms with Gasteiger partial charge in [0.1, 0.15) is 5.60 Å². The van der Waals surface area contributed by atoms with E-state index in [2.05, 4.69) is 15.6 Å². The summed E-state index contributed by atoms with van der Waals surface area (Å²) in [6.07, 6.45) is 0.634. The highest BCUT2D eigenvalue weighted by Gasteiger charge is 2.20. The predicted octanol–water partition coefficient (Wildman–Crippen LogP) is 1.83. The highest BCUT2D eigenvalue weighted by molar-refractivity contribution is 5.79. The number of nitrogens with zero attached hydrogens (tertiary/aromatic N) is 2. The smallest absolute Gasteiger partial charge is 0.410 e. The molecule has 7 heteroatoms. The maximum atomic E-state index is 12.0. The Morgan fingerprint density at radius 3 is 2.35 bits per heavy atom. The van der Waals surface area contributed by atoms with Gasteiger partial charge in [-0.1, -0.05) is 0 Å². The zero-order chi connectivity index (χ0) is 17.7. The van der Waals surface area contributed by atoms with Crippen molar-refractivity contribution in [2.75, 3.05) is 46.4 Å². The summed E-state index contributed by atoms with van der Waals surface area (Å²) in [5, 5.41) is 6.40. The minimum atomic E-state index is -0.476. The van der Waals surface area contributed by atoms with E-state index >= 15 is 0 Å². The Morgan fingerprint density at radius 2 is 1.83 bits per heavy atom. The number of nitrogens with one attached hydrogen (secondary N) is 2. The third-order valence-corrected chi connectivity index (χ3v) is 2.89. The van der Waals surface area contributed by atoms with Gasteiger partial charge >= 0.3 is 6.09 Å². The molecule has 0 heterocycles. The van der Waals surface area contributed by atoms with Crippen LogP contribution in [0.2, 0.25) is 0 Å². The normalized spacial score (nSPS) is 12.0. The van der Waals surface area contributed by atoms with Gasteiger partial charge in [-0.2, -0.15) is 0 Å². The molecule has 2 N–H and O–H groups in total. The molecular formula is C16H34N4O3. The molecule has 0 aromatic heterocycles. The lowest BCUT2D eigenvalue weighted by atomic mass is 10.2. The van der Waals surface area contributed by atoms with Gasteiger partial charge in [0, 0.05) is 46.4 Å². The fraction of sp³-hybridized carbons (Fsp3) is 0.875. The molecule has 0 aromatic rings. The summed E-state index contributed by atoms with van der Waals surface area (Å²) in [7, 11) is 1.73. The zero-order valence-corrected chi connectivity index (χ0v) is 15.6. The highest BCUT2D eigenvalue weighted by Crippen LogP contribution is 2.09. The average molecular weight is 330 g/mol. The molecule has 0 aliphatic heterocycles. The first-order valence-electron chi connectivity index (χ1n) is 8.34. The molecule has 0 unspecified atom stereocenters. The molecule has 136 valence electrons. The molecule has 1 amide bonds. The molecule has 0 aliphatic rings. The first-order chi connectivity index (χ1) is 10.8. The van der Waals surface area contributed by atoms with Crippen molar-refractivity contribution >= 4 is 12.1 Å². The Balaban J connectivity index is 4.05. The van der Waals surface area contributed by atoms with Gasteiger partial charge < -0.3 is 25.0 Å². The van der Waals surface area contributed by atoms with Gasteiger partial charge in [-0.25, -0.2) is 4.79 Å². The maximum absolute atomic E-state index is 12.0. The number of hydrogen-bond acceptors (Lipinski definition) is 4. The first kappa shape index (κ1) is 21.5. The van der Waals surface area contributed by atoms with E-state index in [9.17, 15) is 4.79 Å². The van der Waals surface area contributed by atoms with E-state index in [1.807, 2.05) is 34.6 Å². The molecule has 0 rings (SSSR count). The number of ether oxygens (including phenoxy) is 2. The summed E-state index contributed by atoms with van der Waals surface area (Å²) in [6.45, 7) is 13.6. The summed E-state index contributed by atoms with van der Waals surface area (Å²) in [5.41, 5.74) is -0.476. The van der Waals surface area contributed by atoms with E-state index in [-0.39, 0.29) is 6.09 Å². The highest BCUT2D eigenvalue weighted by atomic mass is 16.6. The minimum Gasteiger partial charge on any atom is -0.444 e. The van der Waals surface area contributed by atoms with E-state index in [0.29, 0.717) is 19.6 Å². The molecule has 0 saturated heterocycles. The van der Waals surface area contributed by atoms with Crippen molar-refractivity contribution in [2.45, 2.75) is 46.6 Å². The average Bonchev–Trinajstić information content (AvgIpc) is 2.47. The summed E-state index contributed by atoms with van der Waals surface area (Å²) in [6, 6.07) is 0. The van der Waals surface area contributed by atoms with Gasteiger partial charge in [0.05, 0.1) is 0 Å². The van der Waals surface area contributed by atoms with Gasteiger partial charge in [-0.3, -0.25) is 4.99 Å². The maximum Gasteiger partial charge on any atom is 0.410 e. The lowest BCUT2D eigenvalue weighted by Crippen LogP contribution is -2.44. The van der Waals surface area contributed by atoms with Crippen molar-refractivity contribution < 1.29 is 14.3 Å². The molecule has 0 fully saturated rings. The number of aliphatic imine (C=N–C) groups is 1. The monoisotopic (exact) mass is 330 g/mol. The van der Waals surface area contributed by atoms with Gasteiger partial charge in [0.15, 0.2) is 5.96 Å². The first-order valence-corrected chi connectivity index (χ1v) is 8.34. The lowest BCUT2D eigenvalue weighted by molar-refractivity contribution is 0.0264. The molecule has 0 aromatic carbocycles. The molecule has 0 bridgehead atoms. The lowest BCUT2D eigenvalue weighted by Gasteiger charge is -2.26. The van der Waals surface area contributed by atoms with Crippen molar-refractivity contribution in [3.05, 3.63) is 0 Å². The number of rotatable bonds is 9. The largest absolute Gasteiger partial charge is 0.444 e. The van der Waals surface area contributed by atoms with Crippen LogP contribution in [0.25, 0.3) is 0 Å². The van der Waals surface area contributed by atoms with Crippen molar-refractivity contribution in [3.8, 4) is 0 Å². The number of carbonyl (C=O) groups is 1. The van der Waals surface area contributed by atoms with E-state index in [1.54, 1.807) is 11.9 Å². The van der Waals surface area contributed by atoms with Gasteiger partial charge in [-0.05, 0) is 41.0 Å². The van der Waals surface area contributed by atoms with Crippen LogP contribution in [0.1, 0.15) is 41.0 Å². The Labute approximate surface area is 140 Å². The van der Waals surface area contributed by atoms with Gasteiger partial charge in [-0.15, -0.1) is 0 Å². The second-order valence-corrected chi connectivity index (χ2v) is 6.04. The number of hydrogen-bond donors (Lipinski definition) is 2. The van der Waals surface area contributed by atoms with E-state index in [4.69, 9.17) is 9.47 Å². The molecule has 7 nitrogen and oxygen atoms in total. The van der Waals surface area contributed by atoms with Crippen LogP contribution in [0, 0.1) is 0 Å². The molecule has 23 heavy (non-hydrogen) atoms. The molecular weight excluding hydrogens is 296 g/mol. The Morgan fingerprint density at radius 1 is 1.17 bits per heavy atom. The number of amides is 1. The molecule has 0 atom stereocenters. The molecule has 0 spiro atoms. The van der Waals surface area contributed by atoms with E-state index in [0.717, 1.165) is 32.1 Å². The van der Waals surface area contributed by atoms with Gasteiger partial charge in [0.25, 0.3) is 0 Å². The third kappa shape index (κ3) is 11.7. The number of carbonyl (C=O) groups excluding carboxylic acids is 1. The molecule has 0 aliphatic carbocycles. The van der Waals surface area contributed by atoms with Crippen molar-refractivity contribution in [2.24, 2.45) is 4.99 Å². The van der Waals surface area contributed by atoms with Gasteiger partial charge in [0.2, 0.25) is 0 Å². The topological polar surface area (TPSA) is 75.2 Å². The summed E-state index contributed by atoms with van der Waals surface area (Å²) in [4.78, 5) is 17.8. The predicted molar refractivity (Wildman–Crippen MR) is 94.0 cm³/mol. The van der Waals surface area contributed by atoms with Crippen LogP contribution in [-0.2, 0) is 9.47 Å².